The van der Waals surface area contributed by atoms with Crippen molar-refractivity contribution in [2.45, 2.75) is 30.6 Å². The van der Waals surface area contributed by atoms with Crippen LogP contribution in [0.2, 0.25) is 0 Å². The van der Waals surface area contributed by atoms with E-state index >= 15 is 0 Å². The lowest BCUT2D eigenvalue weighted by Crippen LogP contribution is -2.40. The van der Waals surface area contributed by atoms with E-state index in [0.29, 0.717) is 11.4 Å². The summed E-state index contributed by atoms with van der Waals surface area (Å²) in [6, 6.07) is 6.94. The summed E-state index contributed by atoms with van der Waals surface area (Å²) in [5.74, 6) is 0.692. The predicted molar refractivity (Wildman–Crippen MR) is 70.4 cm³/mol. The van der Waals surface area contributed by atoms with Crippen LogP contribution in [-0.4, -0.2) is 64.8 Å². The third-order valence-electron chi connectivity index (χ3n) is 3.27. The van der Waals surface area contributed by atoms with Crippen LogP contribution in [0.15, 0.2) is 24.3 Å². The number of aliphatic hydroxyl groups excluding tert-OH is 4. The van der Waals surface area contributed by atoms with Gasteiger partial charge in [-0.1, -0.05) is 0 Å². The van der Waals surface area contributed by atoms with E-state index < -0.39 is 37.3 Å². The molecule has 0 saturated carbocycles. The monoisotopic (exact) mass is 285 g/mol. The number of aliphatic hydroxyl groups is 4. The molecule has 1 aliphatic rings. The van der Waals surface area contributed by atoms with Crippen LogP contribution in [0.25, 0.3) is 0 Å². The molecule has 1 fully saturated rings. The van der Waals surface area contributed by atoms with Crippen molar-refractivity contribution in [2.75, 3.05) is 19.0 Å². The first kappa shape index (κ1) is 15.0. The fourth-order valence-electron chi connectivity index (χ4n) is 2.10. The van der Waals surface area contributed by atoms with E-state index in [9.17, 15) is 15.3 Å². The molecular weight excluding hydrogens is 266 g/mol. The molecule has 7 nitrogen and oxygen atoms in total. The van der Waals surface area contributed by atoms with Crippen LogP contribution in [0.5, 0.6) is 5.75 Å². The summed E-state index contributed by atoms with van der Waals surface area (Å²) in [6.45, 7) is -0.552. The molecule has 0 unspecified atom stereocenters. The molecule has 112 valence electrons. The third-order valence-corrected chi connectivity index (χ3v) is 3.27. The van der Waals surface area contributed by atoms with Gasteiger partial charge >= 0.3 is 0 Å². The van der Waals surface area contributed by atoms with Crippen molar-refractivity contribution in [3.05, 3.63) is 24.3 Å². The van der Waals surface area contributed by atoms with Gasteiger partial charge in [0.05, 0.1) is 13.7 Å². The van der Waals surface area contributed by atoms with Gasteiger partial charge in [0, 0.05) is 5.69 Å². The maximum absolute atomic E-state index is 9.88. The second-order valence-corrected chi connectivity index (χ2v) is 4.63. The Hall–Kier alpha value is -1.38. The Morgan fingerprint density at radius 2 is 1.90 bits per heavy atom. The highest BCUT2D eigenvalue weighted by Crippen LogP contribution is 2.26. The summed E-state index contributed by atoms with van der Waals surface area (Å²) in [5, 5.41) is 40.9. The Kier molecular flexibility index (Phi) is 4.79. The first-order valence-corrected chi connectivity index (χ1v) is 6.28. The van der Waals surface area contributed by atoms with Gasteiger partial charge in [-0.3, -0.25) is 0 Å². The van der Waals surface area contributed by atoms with Crippen LogP contribution >= 0.6 is 0 Å². The van der Waals surface area contributed by atoms with Crippen LogP contribution in [0.3, 0.4) is 0 Å². The van der Waals surface area contributed by atoms with Gasteiger partial charge in [-0.05, 0) is 24.3 Å². The number of benzene rings is 1. The normalized spacial score (nSPS) is 31.1. The average Bonchev–Trinajstić information content (AvgIpc) is 2.76. The molecule has 0 spiro atoms. The summed E-state index contributed by atoms with van der Waals surface area (Å²) in [4.78, 5) is 0. The van der Waals surface area contributed by atoms with Gasteiger partial charge in [-0.15, -0.1) is 0 Å². The van der Waals surface area contributed by atoms with Gasteiger partial charge in [-0.2, -0.15) is 0 Å². The standard InChI is InChI=1S/C13H19NO6/c1-19-8-4-2-7(3-5-8)14-13-11(18)10(17)12(20-13)9(16)6-15/h2-5,9-18H,6H2,1H3/t9-,10+,11-,12-,13-/m1/s1. The van der Waals surface area contributed by atoms with Crippen LogP contribution in [0.4, 0.5) is 5.69 Å². The van der Waals surface area contributed by atoms with E-state index in [1.54, 1.807) is 31.4 Å². The molecule has 7 heteroatoms. The summed E-state index contributed by atoms with van der Waals surface area (Å²) in [7, 11) is 1.56. The van der Waals surface area contributed by atoms with E-state index in [-0.39, 0.29) is 0 Å². The molecule has 0 aromatic heterocycles. The highest BCUT2D eigenvalue weighted by atomic mass is 16.6. The molecular formula is C13H19NO6. The van der Waals surface area contributed by atoms with Crippen molar-refractivity contribution >= 4 is 5.69 Å². The molecule has 0 amide bonds. The Labute approximate surface area is 116 Å². The Bertz CT molecular complexity index is 425. The van der Waals surface area contributed by atoms with Crippen molar-refractivity contribution in [3.8, 4) is 5.75 Å². The largest absolute Gasteiger partial charge is 0.497 e. The second kappa shape index (κ2) is 6.38. The van der Waals surface area contributed by atoms with Crippen LogP contribution in [0, 0.1) is 0 Å². The lowest BCUT2D eigenvalue weighted by atomic mass is 10.1. The van der Waals surface area contributed by atoms with Crippen LogP contribution < -0.4 is 10.1 Å². The molecule has 1 aromatic carbocycles. The quantitative estimate of drug-likeness (QED) is 0.467. The molecule has 0 bridgehead atoms. The average molecular weight is 285 g/mol. The summed E-state index contributed by atoms with van der Waals surface area (Å²) < 4.78 is 10.4. The highest BCUT2D eigenvalue weighted by molar-refractivity contribution is 5.47. The van der Waals surface area contributed by atoms with Crippen molar-refractivity contribution in [1.82, 2.24) is 0 Å². The molecule has 0 aliphatic carbocycles. The smallest absolute Gasteiger partial charge is 0.157 e. The Morgan fingerprint density at radius 3 is 2.45 bits per heavy atom. The topological polar surface area (TPSA) is 111 Å². The van der Waals surface area contributed by atoms with Crippen molar-refractivity contribution in [2.24, 2.45) is 0 Å². The zero-order chi connectivity index (χ0) is 14.7. The molecule has 1 saturated heterocycles. The molecule has 2 rings (SSSR count). The van der Waals surface area contributed by atoms with Gasteiger partial charge in [-0.25, -0.2) is 0 Å². The minimum atomic E-state index is -1.27. The highest BCUT2D eigenvalue weighted by Gasteiger charge is 2.45. The number of methoxy groups -OCH3 is 1. The fourth-order valence-corrected chi connectivity index (χ4v) is 2.10. The van der Waals surface area contributed by atoms with Gasteiger partial charge in [0.15, 0.2) is 6.23 Å². The maximum Gasteiger partial charge on any atom is 0.157 e. The number of rotatable bonds is 5. The van der Waals surface area contributed by atoms with E-state index in [1.165, 1.54) is 0 Å². The van der Waals surface area contributed by atoms with E-state index in [1.807, 2.05) is 0 Å². The van der Waals surface area contributed by atoms with E-state index in [4.69, 9.17) is 14.6 Å². The summed E-state index contributed by atoms with van der Waals surface area (Å²) in [5.41, 5.74) is 0.668. The number of nitrogens with one attached hydrogen (secondary N) is 1. The first-order chi connectivity index (χ1) is 9.56. The number of anilines is 1. The predicted octanol–water partition coefficient (Wildman–Crippen LogP) is -1.09. The number of hydrogen-bond acceptors (Lipinski definition) is 7. The minimum Gasteiger partial charge on any atom is -0.497 e. The molecule has 20 heavy (non-hydrogen) atoms. The van der Waals surface area contributed by atoms with Gasteiger partial charge in [0.25, 0.3) is 0 Å². The van der Waals surface area contributed by atoms with Crippen molar-refractivity contribution in [1.29, 1.82) is 0 Å². The lowest BCUT2D eigenvalue weighted by Gasteiger charge is -2.19. The molecule has 1 heterocycles. The van der Waals surface area contributed by atoms with Gasteiger partial charge in [0.1, 0.15) is 30.2 Å². The molecule has 5 N–H and O–H groups in total. The Balaban J connectivity index is 2.02. The third kappa shape index (κ3) is 3.02. The van der Waals surface area contributed by atoms with Gasteiger partial charge < -0.3 is 35.2 Å². The fraction of sp³-hybridized carbons (Fsp3) is 0.538. The molecule has 0 radical (unpaired) electrons. The maximum atomic E-state index is 9.88. The van der Waals surface area contributed by atoms with Crippen molar-refractivity contribution < 1.29 is 29.9 Å². The van der Waals surface area contributed by atoms with Crippen LogP contribution in [-0.2, 0) is 4.74 Å². The zero-order valence-electron chi connectivity index (χ0n) is 11.0. The lowest BCUT2D eigenvalue weighted by molar-refractivity contribution is -0.0774. The van der Waals surface area contributed by atoms with Crippen molar-refractivity contribution in [3.63, 3.8) is 0 Å². The van der Waals surface area contributed by atoms with E-state index in [0.717, 1.165) is 0 Å². The zero-order valence-corrected chi connectivity index (χ0v) is 11.0. The number of ether oxygens (including phenoxy) is 2. The van der Waals surface area contributed by atoms with E-state index in [2.05, 4.69) is 5.32 Å². The first-order valence-electron chi connectivity index (χ1n) is 6.28. The second-order valence-electron chi connectivity index (χ2n) is 4.63. The molecule has 1 aliphatic heterocycles. The summed E-state index contributed by atoms with van der Waals surface area (Å²) in [6.07, 6.45) is -5.63. The Morgan fingerprint density at radius 1 is 1.25 bits per heavy atom. The summed E-state index contributed by atoms with van der Waals surface area (Å²) >= 11 is 0. The number of hydrogen-bond donors (Lipinski definition) is 5. The van der Waals surface area contributed by atoms with Crippen LogP contribution in [0.1, 0.15) is 0 Å². The molecule has 5 atom stereocenters. The minimum absolute atomic E-state index is 0.552. The SMILES string of the molecule is COc1ccc(N[C@@H]2O[C@H]([C@H](O)CO)[C@@H](O)[C@H]2O)cc1. The van der Waals surface area contributed by atoms with Gasteiger partial charge in [0.2, 0.25) is 0 Å². The molecule has 1 aromatic rings.